The van der Waals surface area contributed by atoms with E-state index in [4.69, 9.17) is 0 Å². The lowest BCUT2D eigenvalue weighted by Gasteiger charge is -2.16. The van der Waals surface area contributed by atoms with Crippen molar-refractivity contribution < 1.29 is 9.59 Å². The lowest BCUT2D eigenvalue weighted by Crippen LogP contribution is -2.42. The van der Waals surface area contributed by atoms with Crippen LogP contribution in [-0.4, -0.2) is 11.8 Å². The van der Waals surface area contributed by atoms with Gasteiger partial charge in [-0.3, -0.25) is 9.59 Å². The van der Waals surface area contributed by atoms with E-state index < -0.39 is 5.41 Å². The Labute approximate surface area is 148 Å². The molecule has 0 heterocycles. The van der Waals surface area contributed by atoms with Crippen molar-refractivity contribution in [1.29, 1.82) is 0 Å². The number of carbonyl (C=O) groups is 2. The van der Waals surface area contributed by atoms with Gasteiger partial charge in [-0.25, -0.2) is 0 Å². The fourth-order valence-electron chi connectivity index (χ4n) is 3.01. The van der Waals surface area contributed by atoms with E-state index >= 15 is 0 Å². The van der Waals surface area contributed by atoms with Crippen molar-refractivity contribution in [2.75, 3.05) is 0 Å². The molecule has 0 atom stereocenters. The molecule has 4 heteroatoms. The van der Waals surface area contributed by atoms with Crippen molar-refractivity contribution in [3.63, 3.8) is 0 Å². The van der Waals surface area contributed by atoms with Crippen LogP contribution in [0.2, 0.25) is 0 Å². The lowest BCUT2D eigenvalue weighted by molar-refractivity contribution is -0.137. The molecule has 1 fully saturated rings. The maximum atomic E-state index is 12.5. The molecule has 2 amide bonds. The average Bonchev–Trinajstić information content (AvgIpc) is 3.41. The average molecular weight is 336 g/mol. The summed E-state index contributed by atoms with van der Waals surface area (Å²) in [5.74, 6) is -0.339. The minimum absolute atomic E-state index is 0.169. The Morgan fingerprint density at radius 3 is 2.24 bits per heavy atom. The number of benzene rings is 2. The molecule has 3 rings (SSSR count). The molecule has 130 valence electrons. The smallest absolute Gasteiger partial charge is 0.235 e. The molecule has 0 aliphatic heterocycles. The summed E-state index contributed by atoms with van der Waals surface area (Å²) in [4.78, 5) is 25.1. The molecule has 0 unspecified atom stereocenters. The minimum atomic E-state index is -0.882. The summed E-state index contributed by atoms with van der Waals surface area (Å²) >= 11 is 0. The van der Waals surface area contributed by atoms with Crippen LogP contribution in [0, 0.1) is 19.3 Å². The fourth-order valence-corrected chi connectivity index (χ4v) is 3.01. The lowest BCUT2D eigenvalue weighted by atomic mass is 10.0. The third-order valence-electron chi connectivity index (χ3n) is 4.86. The van der Waals surface area contributed by atoms with Crippen LogP contribution in [0.3, 0.4) is 0 Å². The van der Waals surface area contributed by atoms with E-state index in [1.807, 2.05) is 62.4 Å². The van der Waals surface area contributed by atoms with Gasteiger partial charge in [0.1, 0.15) is 5.41 Å². The standard InChI is InChI=1S/C21H24N2O2/c1-15-6-5-8-17(12-15)13-22-19(24)21(10-11-21)20(25)23-14-18-9-4-3-7-16(18)2/h3-9,12H,10-11,13-14H2,1-2H3,(H,22,24)(H,23,25). The van der Waals surface area contributed by atoms with Crippen LogP contribution in [0.4, 0.5) is 0 Å². The van der Waals surface area contributed by atoms with Crippen LogP contribution >= 0.6 is 0 Å². The van der Waals surface area contributed by atoms with Gasteiger partial charge in [-0.05, 0) is 43.4 Å². The van der Waals surface area contributed by atoms with Crippen molar-refractivity contribution in [3.8, 4) is 0 Å². The van der Waals surface area contributed by atoms with Crippen LogP contribution in [-0.2, 0) is 22.7 Å². The Hall–Kier alpha value is -2.62. The Morgan fingerprint density at radius 2 is 1.60 bits per heavy atom. The van der Waals surface area contributed by atoms with Crippen LogP contribution in [0.25, 0.3) is 0 Å². The molecule has 25 heavy (non-hydrogen) atoms. The van der Waals surface area contributed by atoms with E-state index in [1.54, 1.807) is 0 Å². The first-order valence-electron chi connectivity index (χ1n) is 8.68. The van der Waals surface area contributed by atoms with Gasteiger partial charge in [0.15, 0.2) is 0 Å². The zero-order valence-electron chi connectivity index (χ0n) is 14.8. The third kappa shape index (κ3) is 3.90. The third-order valence-corrected chi connectivity index (χ3v) is 4.86. The molecule has 0 aromatic heterocycles. The first-order chi connectivity index (χ1) is 12.0. The molecular formula is C21H24N2O2. The molecular weight excluding hydrogens is 312 g/mol. The van der Waals surface area contributed by atoms with E-state index in [0.29, 0.717) is 25.9 Å². The molecule has 0 bridgehead atoms. The summed E-state index contributed by atoms with van der Waals surface area (Å²) in [6.45, 7) is 4.95. The second kappa shape index (κ2) is 7.09. The molecule has 2 aromatic rings. The van der Waals surface area contributed by atoms with Gasteiger partial charge in [-0.2, -0.15) is 0 Å². The zero-order chi connectivity index (χ0) is 17.9. The van der Waals surface area contributed by atoms with E-state index in [1.165, 1.54) is 0 Å². The number of nitrogens with one attached hydrogen (secondary N) is 2. The van der Waals surface area contributed by atoms with E-state index in [2.05, 4.69) is 10.6 Å². The molecule has 0 radical (unpaired) electrons. The molecule has 1 saturated carbocycles. The maximum Gasteiger partial charge on any atom is 0.235 e. The highest BCUT2D eigenvalue weighted by molar-refractivity contribution is 6.07. The van der Waals surface area contributed by atoms with Gasteiger partial charge < -0.3 is 10.6 Å². The van der Waals surface area contributed by atoms with Gasteiger partial charge in [-0.1, -0.05) is 54.1 Å². The van der Waals surface area contributed by atoms with Crippen molar-refractivity contribution in [3.05, 3.63) is 70.8 Å². The fraction of sp³-hybridized carbons (Fsp3) is 0.333. The van der Waals surface area contributed by atoms with E-state index in [9.17, 15) is 9.59 Å². The van der Waals surface area contributed by atoms with Crippen LogP contribution in [0.15, 0.2) is 48.5 Å². The molecule has 1 aliphatic carbocycles. The van der Waals surface area contributed by atoms with Crippen LogP contribution in [0.1, 0.15) is 35.1 Å². The number of rotatable bonds is 6. The Bertz CT molecular complexity index is 794. The number of hydrogen-bond donors (Lipinski definition) is 2. The predicted octanol–water partition coefficient (Wildman–Crippen LogP) is 3.02. The van der Waals surface area contributed by atoms with Gasteiger partial charge in [-0.15, -0.1) is 0 Å². The normalized spacial score (nSPS) is 14.6. The first kappa shape index (κ1) is 17.2. The summed E-state index contributed by atoms with van der Waals surface area (Å²) in [6.07, 6.45) is 1.23. The van der Waals surface area contributed by atoms with Crippen molar-refractivity contribution in [2.24, 2.45) is 5.41 Å². The summed E-state index contributed by atoms with van der Waals surface area (Å²) in [5, 5.41) is 5.85. The monoisotopic (exact) mass is 336 g/mol. The van der Waals surface area contributed by atoms with Gasteiger partial charge >= 0.3 is 0 Å². The molecule has 1 aliphatic rings. The van der Waals surface area contributed by atoms with Gasteiger partial charge in [0.2, 0.25) is 11.8 Å². The highest BCUT2D eigenvalue weighted by atomic mass is 16.2. The topological polar surface area (TPSA) is 58.2 Å². The van der Waals surface area contributed by atoms with Gasteiger partial charge in [0.25, 0.3) is 0 Å². The minimum Gasteiger partial charge on any atom is -0.351 e. The van der Waals surface area contributed by atoms with E-state index in [0.717, 1.165) is 22.3 Å². The second-order valence-corrected chi connectivity index (χ2v) is 6.86. The van der Waals surface area contributed by atoms with Crippen molar-refractivity contribution >= 4 is 11.8 Å². The number of hydrogen-bond acceptors (Lipinski definition) is 2. The molecule has 2 aromatic carbocycles. The van der Waals surface area contributed by atoms with Crippen molar-refractivity contribution in [2.45, 2.75) is 39.8 Å². The quantitative estimate of drug-likeness (QED) is 0.797. The largest absolute Gasteiger partial charge is 0.351 e. The summed E-state index contributed by atoms with van der Waals surface area (Å²) in [5.41, 5.74) is 3.53. The maximum absolute atomic E-state index is 12.5. The molecule has 2 N–H and O–H groups in total. The highest BCUT2D eigenvalue weighted by Gasteiger charge is 2.56. The summed E-state index contributed by atoms with van der Waals surface area (Å²) < 4.78 is 0. The van der Waals surface area contributed by atoms with Gasteiger partial charge in [0.05, 0.1) is 0 Å². The Morgan fingerprint density at radius 1 is 0.920 bits per heavy atom. The summed E-state index contributed by atoms with van der Waals surface area (Å²) in [6, 6.07) is 15.9. The number of carbonyl (C=O) groups excluding carboxylic acids is 2. The first-order valence-corrected chi connectivity index (χ1v) is 8.68. The Kier molecular flexibility index (Phi) is 4.88. The van der Waals surface area contributed by atoms with Gasteiger partial charge in [0, 0.05) is 13.1 Å². The summed E-state index contributed by atoms with van der Waals surface area (Å²) in [7, 11) is 0. The number of amides is 2. The van der Waals surface area contributed by atoms with Crippen molar-refractivity contribution in [1.82, 2.24) is 10.6 Å². The Balaban J connectivity index is 1.56. The molecule has 0 saturated heterocycles. The molecule has 0 spiro atoms. The van der Waals surface area contributed by atoms with Crippen LogP contribution in [0.5, 0.6) is 0 Å². The van der Waals surface area contributed by atoms with Crippen LogP contribution < -0.4 is 10.6 Å². The van der Waals surface area contributed by atoms with E-state index in [-0.39, 0.29) is 11.8 Å². The molecule has 4 nitrogen and oxygen atoms in total. The predicted molar refractivity (Wildman–Crippen MR) is 97.7 cm³/mol. The highest BCUT2D eigenvalue weighted by Crippen LogP contribution is 2.46. The SMILES string of the molecule is Cc1cccc(CNC(=O)C2(C(=O)NCc3ccccc3C)CC2)c1. The second-order valence-electron chi connectivity index (χ2n) is 6.86. The zero-order valence-corrected chi connectivity index (χ0v) is 14.8. The number of aryl methyl sites for hydroxylation is 2.